The Morgan fingerprint density at radius 2 is 2.18 bits per heavy atom. The van der Waals surface area contributed by atoms with Gasteiger partial charge in [-0.15, -0.1) is 0 Å². The van der Waals surface area contributed by atoms with E-state index >= 15 is 0 Å². The summed E-state index contributed by atoms with van der Waals surface area (Å²) in [7, 11) is 0. The molecule has 0 aromatic carbocycles. The van der Waals surface area contributed by atoms with Crippen molar-refractivity contribution in [2.24, 2.45) is 11.3 Å². The molecule has 2 unspecified atom stereocenters. The van der Waals surface area contributed by atoms with E-state index in [0.29, 0.717) is 17.4 Å². The van der Waals surface area contributed by atoms with Gasteiger partial charge >= 0.3 is 0 Å². The van der Waals surface area contributed by atoms with E-state index in [0.717, 1.165) is 24.4 Å². The number of hydrogen-bond acceptors (Lipinski definition) is 2. The van der Waals surface area contributed by atoms with Crippen LogP contribution in [0.5, 0.6) is 0 Å². The summed E-state index contributed by atoms with van der Waals surface area (Å²) in [6, 6.07) is 0. The largest absolute Gasteiger partial charge is 0.392 e. The predicted molar refractivity (Wildman–Crippen MR) is 69.2 cm³/mol. The van der Waals surface area contributed by atoms with E-state index in [1.165, 1.54) is 0 Å². The Bertz CT molecular complexity index is 425. The number of aryl methyl sites for hydroxylation is 2. The monoisotopic (exact) mass is 256 g/mol. The standard InChI is InChI=1S/C13H21ClN2O/c1-5-16-10(12(14)8(2)15-16)6-11(17)9-7-13(9,3)4/h9,11,17H,5-7H2,1-4H3. The molecule has 0 radical (unpaired) electrons. The molecule has 96 valence electrons. The van der Waals surface area contributed by atoms with Gasteiger partial charge in [-0.1, -0.05) is 25.4 Å². The summed E-state index contributed by atoms with van der Waals surface area (Å²) in [6.45, 7) is 9.14. The highest BCUT2D eigenvalue weighted by Crippen LogP contribution is 2.54. The van der Waals surface area contributed by atoms with E-state index in [4.69, 9.17) is 11.6 Å². The molecule has 1 N–H and O–H groups in total. The summed E-state index contributed by atoms with van der Waals surface area (Å²) in [5.74, 6) is 0.402. The maximum absolute atomic E-state index is 10.2. The van der Waals surface area contributed by atoms with Gasteiger partial charge in [0.15, 0.2) is 0 Å². The van der Waals surface area contributed by atoms with Crippen molar-refractivity contribution in [1.82, 2.24) is 9.78 Å². The van der Waals surface area contributed by atoms with Crippen molar-refractivity contribution < 1.29 is 5.11 Å². The Balaban J connectivity index is 2.13. The Morgan fingerprint density at radius 3 is 2.65 bits per heavy atom. The minimum absolute atomic E-state index is 0.290. The van der Waals surface area contributed by atoms with Crippen molar-refractivity contribution in [3.05, 3.63) is 16.4 Å². The third-order valence-corrected chi connectivity index (χ3v) is 4.40. The lowest BCUT2D eigenvalue weighted by molar-refractivity contribution is 0.134. The molecule has 3 nitrogen and oxygen atoms in total. The van der Waals surface area contributed by atoms with Crippen LogP contribution in [0.1, 0.15) is 38.6 Å². The number of hydrogen-bond donors (Lipinski definition) is 1. The number of aliphatic hydroxyl groups is 1. The van der Waals surface area contributed by atoms with Crippen LogP contribution < -0.4 is 0 Å². The minimum Gasteiger partial charge on any atom is -0.392 e. The molecule has 0 bridgehead atoms. The quantitative estimate of drug-likeness (QED) is 0.900. The van der Waals surface area contributed by atoms with E-state index in [1.54, 1.807) is 0 Å². The van der Waals surface area contributed by atoms with Crippen LogP contribution in [0.2, 0.25) is 5.02 Å². The molecule has 0 spiro atoms. The molecule has 0 saturated heterocycles. The highest BCUT2D eigenvalue weighted by atomic mass is 35.5. The first kappa shape index (κ1) is 12.9. The zero-order valence-corrected chi connectivity index (χ0v) is 11.8. The second kappa shape index (κ2) is 4.29. The van der Waals surface area contributed by atoms with Gasteiger partial charge in [0.05, 0.1) is 22.5 Å². The van der Waals surface area contributed by atoms with E-state index in [2.05, 4.69) is 18.9 Å². The fraction of sp³-hybridized carbons (Fsp3) is 0.769. The highest BCUT2D eigenvalue weighted by molar-refractivity contribution is 6.31. The summed E-state index contributed by atoms with van der Waals surface area (Å²) in [5.41, 5.74) is 2.12. The fourth-order valence-electron chi connectivity index (χ4n) is 2.57. The van der Waals surface area contributed by atoms with Crippen LogP contribution in [0, 0.1) is 18.3 Å². The number of aromatic nitrogens is 2. The lowest BCUT2D eigenvalue weighted by Gasteiger charge is -2.13. The molecule has 17 heavy (non-hydrogen) atoms. The van der Waals surface area contributed by atoms with Gasteiger partial charge in [0.1, 0.15) is 0 Å². The van der Waals surface area contributed by atoms with Gasteiger partial charge < -0.3 is 5.11 Å². The molecule has 1 heterocycles. The number of aliphatic hydroxyl groups excluding tert-OH is 1. The zero-order chi connectivity index (χ0) is 12.8. The van der Waals surface area contributed by atoms with Crippen molar-refractivity contribution in [2.45, 2.75) is 53.2 Å². The second-order valence-corrected chi connectivity index (χ2v) is 6.11. The van der Waals surface area contributed by atoms with Gasteiger partial charge in [-0.3, -0.25) is 4.68 Å². The molecule has 1 fully saturated rings. The van der Waals surface area contributed by atoms with Crippen molar-refractivity contribution in [1.29, 1.82) is 0 Å². The Hall–Kier alpha value is -0.540. The Kier molecular flexibility index (Phi) is 3.25. The molecule has 1 aliphatic rings. The van der Waals surface area contributed by atoms with Gasteiger partial charge in [-0.2, -0.15) is 5.10 Å². The number of nitrogens with zero attached hydrogens (tertiary/aromatic N) is 2. The fourth-order valence-corrected chi connectivity index (χ4v) is 2.78. The molecule has 1 saturated carbocycles. The lowest BCUT2D eigenvalue weighted by atomic mass is 10.0. The SMILES string of the molecule is CCn1nc(C)c(Cl)c1CC(O)C1CC1(C)C. The third kappa shape index (κ3) is 2.36. The number of rotatable bonds is 4. The molecule has 1 aliphatic carbocycles. The first-order valence-electron chi connectivity index (χ1n) is 6.26. The van der Waals surface area contributed by atoms with E-state index in [9.17, 15) is 5.11 Å². The summed E-state index contributed by atoms with van der Waals surface area (Å²) in [5, 5.41) is 15.3. The average molecular weight is 257 g/mol. The van der Waals surface area contributed by atoms with Crippen LogP contribution >= 0.6 is 11.6 Å². The number of halogens is 1. The maximum Gasteiger partial charge on any atom is 0.0848 e. The average Bonchev–Trinajstić information content (AvgIpc) is 2.82. The summed E-state index contributed by atoms with van der Waals surface area (Å²) in [6.07, 6.45) is 1.41. The normalized spacial score (nSPS) is 23.8. The van der Waals surface area contributed by atoms with Crippen LogP contribution in [-0.4, -0.2) is 21.0 Å². The summed E-state index contributed by atoms with van der Waals surface area (Å²) in [4.78, 5) is 0. The smallest absolute Gasteiger partial charge is 0.0848 e. The summed E-state index contributed by atoms with van der Waals surface area (Å²) >= 11 is 6.24. The Morgan fingerprint density at radius 1 is 1.59 bits per heavy atom. The molecular weight excluding hydrogens is 236 g/mol. The van der Waals surface area contributed by atoms with Gasteiger partial charge in [-0.05, 0) is 31.6 Å². The van der Waals surface area contributed by atoms with Gasteiger partial charge in [0, 0.05) is 13.0 Å². The first-order chi connectivity index (χ1) is 7.86. The zero-order valence-electron chi connectivity index (χ0n) is 11.0. The van der Waals surface area contributed by atoms with Crippen LogP contribution in [0.3, 0.4) is 0 Å². The van der Waals surface area contributed by atoms with E-state index in [-0.39, 0.29) is 11.5 Å². The predicted octanol–water partition coefficient (Wildman–Crippen LogP) is 2.81. The highest BCUT2D eigenvalue weighted by Gasteiger charge is 2.49. The van der Waals surface area contributed by atoms with Crippen LogP contribution in [-0.2, 0) is 13.0 Å². The van der Waals surface area contributed by atoms with Gasteiger partial charge in [-0.25, -0.2) is 0 Å². The van der Waals surface area contributed by atoms with Crippen LogP contribution in [0.15, 0.2) is 0 Å². The van der Waals surface area contributed by atoms with Crippen molar-refractivity contribution in [3.63, 3.8) is 0 Å². The van der Waals surface area contributed by atoms with E-state index in [1.807, 2.05) is 18.5 Å². The first-order valence-corrected chi connectivity index (χ1v) is 6.64. The van der Waals surface area contributed by atoms with Crippen LogP contribution in [0.25, 0.3) is 0 Å². The van der Waals surface area contributed by atoms with Crippen molar-refractivity contribution >= 4 is 11.6 Å². The molecule has 1 aromatic rings. The third-order valence-electron chi connectivity index (χ3n) is 3.91. The molecule has 1 aromatic heterocycles. The van der Waals surface area contributed by atoms with Crippen molar-refractivity contribution in [2.75, 3.05) is 0 Å². The van der Waals surface area contributed by atoms with Crippen molar-refractivity contribution in [3.8, 4) is 0 Å². The topological polar surface area (TPSA) is 38.0 Å². The molecule has 4 heteroatoms. The molecular formula is C13H21ClN2O. The lowest BCUT2D eigenvalue weighted by Crippen LogP contribution is -2.19. The van der Waals surface area contributed by atoms with E-state index < -0.39 is 0 Å². The molecule has 0 aliphatic heterocycles. The minimum atomic E-state index is -0.302. The summed E-state index contributed by atoms with van der Waals surface area (Å²) < 4.78 is 1.90. The maximum atomic E-state index is 10.2. The molecule has 0 amide bonds. The Labute approximate surface area is 108 Å². The molecule has 2 atom stereocenters. The van der Waals surface area contributed by atoms with Crippen LogP contribution in [0.4, 0.5) is 0 Å². The molecule has 2 rings (SSSR count). The van der Waals surface area contributed by atoms with Gasteiger partial charge in [0.2, 0.25) is 0 Å². The van der Waals surface area contributed by atoms with Gasteiger partial charge in [0.25, 0.3) is 0 Å². The second-order valence-electron chi connectivity index (χ2n) is 5.73.